The van der Waals surface area contributed by atoms with Crippen LogP contribution in [-0.4, -0.2) is 15.1 Å². The molecule has 0 unspecified atom stereocenters. The molecule has 6 aromatic rings. The van der Waals surface area contributed by atoms with Crippen LogP contribution < -0.4 is 0 Å². The minimum atomic E-state index is 0.209. The maximum atomic E-state index is 11.0. The summed E-state index contributed by atoms with van der Waals surface area (Å²) in [5, 5.41) is 11.0. The van der Waals surface area contributed by atoms with E-state index in [0.29, 0.717) is 23.3 Å². The summed E-state index contributed by atoms with van der Waals surface area (Å²) in [6, 6.07) is 34.1. The first-order chi connectivity index (χ1) is 23.2. The summed E-state index contributed by atoms with van der Waals surface area (Å²) in [5.41, 5.74) is 11.7. The summed E-state index contributed by atoms with van der Waals surface area (Å²) >= 11 is 0. The number of aromatic nitrogens is 2. The van der Waals surface area contributed by atoms with Crippen molar-refractivity contribution in [2.75, 3.05) is 0 Å². The van der Waals surface area contributed by atoms with E-state index in [1.807, 2.05) is 24.4 Å². The van der Waals surface area contributed by atoms with Gasteiger partial charge >= 0.3 is 0 Å². The fourth-order valence-corrected chi connectivity index (χ4v) is 7.98. The third kappa shape index (κ3) is 6.22. The number of nitrogens with zero attached hydrogens (tertiary/aromatic N) is 2. The van der Waals surface area contributed by atoms with Gasteiger partial charge in [0.1, 0.15) is 11.3 Å². The molecule has 4 heteroatoms. The number of oxazole rings is 1. The lowest BCUT2D eigenvalue weighted by molar-refractivity contribution is 0.441. The highest BCUT2D eigenvalue weighted by Gasteiger charge is 2.22. The topological polar surface area (TPSA) is 59.2 Å². The van der Waals surface area contributed by atoms with E-state index >= 15 is 0 Å². The Balaban J connectivity index is 1.23. The standard InChI is InChI=1S/C43H42N2O2/c46-39-22-21-32(30-14-6-2-7-15-30)28-38(39)43-45-42-37(19-10-20-40(42)47-43)35-25-34(31-16-8-3-9-17-31)26-36(27-35)41-33(18-11-23-44-41)24-29-12-4-1-5-13-29/h1,4-5,10-13,18-23,25-28,30-31,46H,2-3,6-9,14-17,24H2. The van der Waals surface area contributed by atoms with Gasteiger partial charge in [0.2, 0.25) is 5.89 Å². The van der Waals surface area contributed by atoms with Gasteiger partial charge in [-0.05, 0) is 108 Å². The molecule has 2 aromatic heterocycles. The van der Waals surface area contributed by atoms with Crippen LogP contribution in [0.3, 0.4) is 0 Å². The molecule has 0 atom stereocenters. The zero-order chi connectivity index (χ0) is 31.6. The first-order valence-corrected chi connectivity index (χ1v) is 17.6. The van der Waals surface area contributed by atoms with Crippen LogP contribution in [0.5, 0.6) is 5.75 Å². The van der Waals surface area contributed by atoms with Gasteiger partial charge in [-0.25, -0.2) is 4.98 Å². The van der Waals surface area contributed by atoms with Gasteiger partial charge in [-0.3, -0.25) is 4.98 Å². The number of para-hydroxylation sites is 1. The van der Waals surface area contributed by atoms with Gasteiger partial charge in [-0.1, -0.05) is 99.2 Å². The molecular weight excluding hydrogens is 576 g/mol. The van der Waals surface area contributed by atoms with Crippen LogP contribution in [0.25, 0.3) is 44.9 Å². The second kappa shape index (κ2) is 13.2. The van der Waals surface area contributed by atoms with Crippen molar-refractivity contribution in [3.8, 4) is 39.6 Å². The van der Waals surface area contributed by atoms with Crippen LogP contribution in [0.15, 0.2) is 108 Å². The van der Waals surface area contributed by atoms with E-state index in [4.69, 9.17) is 14.4 Å². The molecule has 0 spiro atoms. The fraction of sp³-hybridized carbons (Fsp3) is 0.302. The van der Waals surface area contributed by atoms with E-state index in [2.05, 4.69) is 78.9 Å². The highest BCUT2D eigenvalue weighted by molar-refractivity contribution is 5.93. The molecule has 2 saturated carbocycles. The van der Waals surface area contributed by atoms with Gasteiger partial charge in [-0.15, -0.1) is 0 Å². The average Bonchev–Trinajstić information content (AvgIpc) is 3.58. The van der Waals surface area contributed by atoms with E-state index in [1.165, 1.54) is 86.5 Å². The number of pyridine rings is 1. The van der Waals surface area contributed by atoms with Crippen molar-refractivity contribution in [3.05, 3.63) is 126 Å². The lowest BCUT2D eigenvalue weighted by Crippen LogP contribution is -2.05. The number of phenolic OH excluding ortho intramolecular Hbond substituents is 1. The van der Waals surface area contributed by atoms with Gasteiger partial charge < -0.3 is 9.52 Å². The van der Waals surface area contributed by atoms with E-state index in [0.717, 1.165) is 39.9 Å². The molecule has 0 amide bonds. The number of hydrogen-bond donors (Lipinski definition) is 1. The molecule has 2 fully saturated rings. The Hall–Kier alpha value is -4.70. The average molecular weight is 619 g/mol. The van der Waals surface area contributed by atoms with Crippen molar-refractivity contribution in [2.24, 2.45) is 0 Å². The van der Waals surface area contributed by atoms with Crippen molar-refractivity contribution < 1.29 is 9.52 Å². The second-order valence-electron chi connectivity index (χ2n) is 13.6. The molecule has 2 aliphatic carbocycles. The Morgan fingerprint density at radius 1 is 0.638 bits per heavy atom. The summed E-state index contributed by atoms with van der Waals surface area (Å²) in [6.07, 6.45) is 15.3. The maximum absolute atomic E-state index is 11.0. The molecule has 2 heterocycles. The van der Waals surface area contributed by atoms with Gasteiger partial charge in [0.05, 0.1) is 11.3 Å². The number of phenols is 1. The predicted octanol–water partition coefficient (Wildman–Crippen LogP) is 11.6. The molecule has 4 aromatic carbocycles. The van der Waals surface area contributed by atoms with Crippen LogP contribution in [0.1, 0.15) is 98.3 Å². The molecular formula is C43H42N2O2. The van der Waals surface area contributed by atoms with Gasteiger partial charge in [0.25, 0.3) is 0 Å². The van der Waals surface area contributed by atoms with Crippen LogP contribution in [0.4, 0.5) is 0 Å². The number of aromatic hydroxyl groups is 1. The summed E-state index contributed by atoms with van der Waals surface area (Å²) in [7, 11) is 0. The minimum absolute atomic E-state index is 0.209. The van der Waals surface area contributed by atoms with Crippen molar-refractivity contribution >= 4 is 11.1 Å². The number of rotatable bonds is 7. The second-order valence-corrected chi connectivity index (χ2v) is 13.6. The van der Waals surface area contributed by atoms with Crippen LogP contribution in [0, 0.1) is 0 Å². The zero-order valence-electron chi connectivity index (χ0n) is 27.0. The first-order valence-electron chi connectivity index (χ1n) is 17.6. The van der Waals surface area contributed by atoms with E-state index in [9.17, 15) is 5.11 Å². The molecule has 4 nitrogen and oxygen atoms in total. The summed E-state index contributed by atoms with van der Waals surface area (Å²) < 4.78 is 6.40. The molecule has 0 bridgehead atoms. The van der Waals surface area contributed by atoms with Crippen molar-refractivity contribution in [1.82, 2.24) is 9.97 Å². The smallest absolute Gasteiger partial charge is 0.231 e. The van der Waals surface area contributed by atoms with Crippen molar-refractivity contribution in [1.29, 1.82) is 0 Å². The molecule has 1 N–H and O–H groups in total. The number of hydrogen-bond acceptors (Lipinski definition) is 4. The number of fused-ring (bicyclic) bond motifs is 1. The lowest BCUT2D eigenvalue weighted by atomic mass is 9.82. The quantitative estimate of drug-likeness (QED) is 0.193. The third-order valence-electron chi connectivity index (χ3n) is 10.5. The van der Waals surface area contributed by atoms with Crippen molar-refractivity contribution in [2.45, 2.75) is 82.5 Å². The maximum Gasteiger partial charge on any atom is 0.231 e. The van der Waals surface area contributed by atoms with Gasteiger partial charge in [-0.2, -0.15) is 0 Å². The Morgan fingerprint density at radius 3 is 2.17 bits per heavy atom. The van der Waals surface area contributed by atoms with Gasteiger partial charge in [0, 0.05) is 17.3 Å². The zero-order valence-corrected chi connectivity index (χ0v) is 27.0. The van der Waals surface area contributed by atoms with Crippen LogP contribution in [-0.2, 0) is 6.42 Å². The molecule has 2 aliphatic rings. The Kier molecular flexibility index (Phi) is 8.33. The normalized spacial score (nSPS) is 16.1. The highest BCUT2D eigenvalue weighted by Crippen LogP contribution is 2.42. The summed E-state index contributed by atoms with van der Waals surface area (Å²) in [6.45, 7) is 0. The highest BCUT2D eigenvalue weighted by atomic mass is 16.3. The van der Waals surface area contributed by atoms with Crippen LogP contribution >= 0.6 is 0 Å². The molecule has 0 radical (unpaired) electrons. The third-order valence-corrected chi connectivity index (χ3v) is 10.5. The largest absolute Gasteiger partial charge is 0.507 e. The van der Waals surface area contributed by atoms with E-state index in [1.54, 1.807) is 0 Å². The number of benzene rings is 4. The summed E-state index contributed by atoms with van der Waals surface area (Å²) in [4.78, 5) is 10.0. The predicted molar refractivity (Wildman–Crippen MR) is 191 cm³/mol. The minimum Gasteiger partial charge on any atom is -0.507 e. The molecule has 47 heavy (non-hydrogen) atoms. The SMILES string of the molecule is Oc1ccc(C2CCCCC2)cc1-c1nc2c(-c3cc(-c4ncccc4Cc4ccccc4)cc(C4CCCCC4)c3)cccc2o1. The Bertz CT molecular complexity index is 2000. The molecule has 0 saturated heterocycles. The lowest BCUT2D eigenvalue weighted by Gasteiger charge is -2.23. The Labute approximate surface area is 277 Å². The summed E-state index contributed by atoms with van der Waals surface area (Å²) in [5.74, 6) is 1.75. The first kappa shape index (κ1) is 29.7. The molecule has 236 valence electrons. The fourth-order valence-electron chi connectivity index (χ4n) is 7.98. The van der Waals surface area contributed by atoms with Gasteiger partial charge in [0.15, 0.2) is 5.58 Å². The molecule has 8 rings (SSSR count). The van der Waals surface area contributed by atoms with Crippen molar-refractivity contribution in [3.63, 3.8) is 0 Å². The van der Waals surface area contributed by atoms with E-state index < -0.39 is 0 Å². The Morgan fingerprint density at radius 2 is 1.38 bits per heavy atom. The van der Waals surface area contributed by atoms with Crippen LogP contribution in [0.2, 0.25) is 0 Å². The van der Waals surface area contributed by atoms with E-state index in [-0.39, 0.29) is 5.75 Å². The molecule has 0 aliphatic heterocycles. The monoisotopic (exact) mass is 618 g/mol.